The van der Waals surface area contributed by atoms with Crippen molar-refractivity contribution in [1.82, 2.24) is 0 Å². The first-order valence-corrected chi connectivity index (χ1v) is 12.8. The molecule has 2 heteroatoms. The molecule has 1 N–H and O–H groups in total. The van der Waals surface area contributed by atoms with Crippen LogP contribution in [0.5, 0.6) is 0 Å². The lowest BCUT2D eigenvalue weighted by molar-refractivity contribution is -0.155. The SMILES string of the molecule is CCCCCCCCC(CCCC)(C(=O)O)C(CCCC)CCCCCCC. The fourth-order valence-electron chi connectivity index (χ4n) is 4.78. The summed E-state index contributed by atoms with van der Waals surface area (Å²) in [7, 11) is 0. The molecule has 0 fully saturated rings. The van der Waals surface area contributed by atoms with Crippen molar-refractivity contribution in [1.29, 1.82) is 0 Å². The number of rotatable bonds is 21. The third kappa shape index (κ3) is 11.5. The largest absolute Gasteiger partial charge is 0.481 e. The molecule has 168 valence electrons. The highest BCUT2D eigenvalue weighted by atomic mass is 16.4. The fourth-order valence-corrected chi connectivity index (χ4v) is 4.78. The second kappa shape index (κ2) is 18.5. The molecule has 0 radical (unpaired) electrons. The van der Waals surface area contributed by atoms with Crippen molar-refractivity contribution in [2.45, 2.75) is 150 Å². The van der Waals surface area contributed by atoms with Crippen LogP contribution in [-0.4, -0.2) is 11.1 Å². The summed E-state index contributed by atoms with van der Waals surface area (Å²) in [6, 6.07) is 0. The third-order valence-corrected chi connectivity index (χ3v) is 6.72. The van der Waals surface area contributed by atoms with E-state index in [9.17, 15) is 9.90 Å². The molecule has 0 spiro atoms. The molecule has 0 aromatic heterocycles. The molecule has 0 aliphatic heterocycles. The minimum absolute atomic E-state index is 0.369. The molecular weight excluding hydrogens is 344 g/mol. The van der Waals surface area contributed by atoms with Crippen LogP contribution in [0.2, 0.25) is 0 Å². The summed E-state index contributed by atoms with van der Waals surface area (Å²) in [5, 5.41) is 10.4. The first-order valence-electron chi connectivity index (χ1n) is 12.8. The van der Waals surface area contributed by atoms with Gasteiger partial charge in [0.2, 0.25) is 0 Å². The van der Waals surface area contributed by atoms with Gasteiger partial charge < -0.3 is 5.11 Å². The summed E-state index contributed by atoms with van der Waals surface area (Å²) in [5.74, 6) is -0.127. The molecule has 0 aromatic carbocycles. The minimum atomic E-state index is -0.496. The molecule has 2 unspecified atom stereocenters. The van der Waals surface area contributed by atoms with E-state index in [-0.39, 0.29) is 0 Å². The number of hydrogen-bond acceptors (Lipinski definition) is 1. The Morgan fingerprint density at radius 1 is 0.607 bits per heavy atom. The van der Waals surface area contributed by atoms with Gasteiger partial charge in [0.15, 0.2) is 0 Å². The van der Waals surface area contributed by atoms with Gasteiger partial charge in [-0.2, -0.15) is 0 Å². The van der Waals surface area contributed by atoms with Gasteiger partial charge in [0, 0.05) is 0 Å². The van der Waals surface area contributed by atoms with E-state index in [0.29, 0.717) is 5.92 Å². The fraction of sp³-hybridized carbons (Fsp3) is 0.962. The second-order valence-electron chi connectivity index (χ2n) is 9.12. The van der Waals surface area contributed by atoms with Gasteiger partial charge >= 0.3 is 5.97 Å². The maximum Gasteiger partial charge on any atom is 0.309 e. The van der Waals surface area contributed by atoms with Crippen LogP contribution in [0, 0.1) is 11.3 Å². The molecule has 0 bridgehead atoms. The third-order valence-electron chi connectivity index (χ3n) is 6.72. The monoisotopic (exact) mass is 396 g/mol. The first kappa shape index (κ1) is 27.5. The van der Waals surface area contributed by atoms with Crippen LogP contribution in [0.15, 0.2) is 0 Å². The van der Waals surface area contributed by atoms with Crippen molar-refractivity contribution in [3.8, 4) is 0 Å². The van der Waals surface area contributed by atoms with Gasteiger partial charge in [-0.3, -0.25) is 4.79 Å². The van der Waals surface area contributed by atoms with Crippen molar-refractivity contribution in [3.05, 3.63) is 0 Å². The zero-order valence-electron chi connectivity index (χ0n) is 19.9. The molecule has 0 rings (SSSR count). The smallest absolute Gasteiger partial charge is 0.309 e. The lowest BCUT2D eigenvalue weighted by Crippen LogP contribution is -2.39. The highest BCUT2D eigenvalue weighted by Crippen LogP contribution is 2.44. The Labute approximate surface area is 177 Å². The summed E-state index contributed by atoms with van der Waals surface area (Å²) in [6.07, 6.45) is 22.4. The number of carbonyl (C=O) groups is 1. The Morgan fingerprint density at radius 3 is 1.57 bits per heavy atom. The topological polar surface area (TPSA) is 37.3 Å². The summed E-state index contributed by atoms with van der Waals surface area (Å²) in [5.41, 5.74) is -0.472. The maximum atomic E-state index is 12.6. The van der Waals surface area contributed by atoms with Crippen molar-refractivity contribution < 1.29 is 9.90 Å². The average Bonchev–Trinajstić information content (AvgIpc) is 2.69. The van der Waals surface area contributed by atoms with Gasteiger partial charge in [-0.15, -0.1) is 0 Å². The van der Waals surface area contributed by atoms with Crippen molar-refractivity contribution >= 4 is 5.97 Å². The van der Waals surface area contributed by atoms with Gasteiger partial charge in [0.05, 0.1) is 5.41 Å². The molecule has 2 nitrogen and oxygen atoms in total. The van der Waals surface area contributed by atoms with Crippen LogP contribution in [0.25, 0.3) is 0 Å². The number of unbranched alkanes of at least 4 members (excludes halogenated alkanes) is 11. The van der Waals surface area contributed by atoms with E-state index in [4.69, 9.17) is 0 Å². The predicted molar refractivity (Wildman–Crippen MR) is 124 cm³/mol. The Morgan fingerprint density at radius 2 is 1.04 bits per heavy atom. The van der Waals surface area contributed by atoms with Gasteiger partial charge in [0.1, 0.15) is 0 Å². The van der Waals surface area contributed by atoms with E-state index in [1.165, 1.54) is 77.0 Å². The number of hydrogen-bond donors (Lipinski definition) is 1. The number of carboxylic acid groups (broad SMARTS) is 1. The van der Waals surface area contributed by atoms with Crippen molar-refractivity contribution in [3.63, 3.8) is 0 Å². The van der Waals surface area contributed by atoms with E-state index < -0.39 is 11.4 Å². The van der Waals surface area contributed by atoms with Gasteiger partial charge in [0.25, 0.3) is 0 Å². The van der Waals surface area contributed by atoms with E-state index >= 15 is 0 Å². The van der Waals surface area contributed by atoms with Crippen LogP contribution in [0.1, 0.15) is 150 Å². The molecule has 0 aliphatic rings. The molecule has 0 aromatic rings. The maximum absolute atomic E-state index is 12.6. The van der Waals surface area contributed by atoms with Crippen LogP contribution in [0.4, 0.5) is 0 Å². The zero-order chi connectivity index (χ0) is 21.1. The lowest BCUT2D eigenvalue weighted by Gasteiger charge is -2.38. The molecule has 0 saturated heterocycles. The van der Waals surface area contributed by atoms with Gasteiger partial charge in [-0.25, -0.2) is 0 Å². The molecule has 0 heterocycles. The van der Waals surface area contributed by atoms with Crippen LogP contribution in [-0.2, 0) is 4.79 Å². The Kier molecular flexibility index (Phi) is 18.1. The van der Waals surface area contributed by atoms with E-state index in [0.717, 1.165) is 44.9 Å². The standard InChI is InChI=1S/C26H52O2/c1-5-9-13-15-17-19-23-26(25(27)28,22-12-8-4)24(20-11-7-3)21-18-16-14-10-6-2/h24H,5-23H2,1-4H3,(H,27,28). The van der Waals surface area contributed by atoms with Crippen molar-refractivity contribution in [2.24, 2.45) is 11.3 Å². The summed E-state index contributed by atoms with van der Waals surface area (Å²) >= 11 is 0. The van der Waals surface area contributed by atoms with Gasteiger partial charge in [-0.1, -0.05) is 124 Å². The average molecular weight is 397 g/mol. The molecular formula is C26H52O2. The highest BCUT2D eigenvalue weighted by molar-refractivity contribution is 5.75. The zero-order valence-corrected chi connectivity index (χ0v) is 19.9. The Balaban J connectivity index is 5.05. The van der Waals surface area contributed by atoms with E-state index in [2.05, 4.69) is 27.7 Å². The summed E-state index contributed by atoms with van der Waals surface area (Å²) in [4.78, 5) is 12.6. The normalized spacial score (nSPS) is 14.7. The van der Waals surface area contributed by atoms with E-state index in [1.807, 2.05) is 0 Å². The van der Waals surface area contributed by atoms with Crippen LogP contribution in [0.3, 0.4) is 0 Å². The lowest BCUT2D eigenvalue weighted by atomic mass is 9.65. The number of aliphatic carboxylic acids is 1. The van der Waals surface area contributed by atoms with Crippen LogP contribution < -0.4 is 0 Å². The summed E-state index contributed by atoms with van der Waals surface area (Å²) in [6.45, 7) is 8.94. The quantitative estimate of drug-likeness (QED) is 0.196. The van der Waals surface area contributed by atoms with Crippen molar-refractivity contribution in [2.75, 3.05) is 0 Å². The molecule has 0 saturated carbocycles. The Bertz CT molecular complexity index is 352. The highest BCUT2D eigenvalue weighted by Gasteiger charge is 2.43. The molecule has 0 amide bonds. The van der Waals surface area contributed by atoms with Gasteiger partial charge in [-0.05, 0) is 31.6 Å². The summed E-state index contributed by atoms with van der Waals surface area (Å²) < 4.78 is 0. The number of carboxylic acids is 1. The molecule has 28 heavy (non-hydrogen) atoms. The molecule has 0 aliphatic carbocycles. The van der Waals surface area contributed by atoms with Crippen LogP contribution >= 0.6 is 0 Å². The minimum Gasteiger partial charge on any atom is -0.481 e. The Hall–Kier alpha value is -0.530. The second-order valence-corrected chi connectivity index (χ2v) is 9.12. The van der Waals surface area contributed by atoms with E-state index in [1.54, 1.807) is 0 Å². The first-order chi connectivity index (χ1) is 13.6. The predicted octanol–water partition coefficient (Wildman–Crippen LogP) is 9.17. The molecule has 2 atom stereocenters.